The summed E-state index contributed by atoms with van der Waals surface area (Å²) in [6.45, 7) is 18.3. The second-order valence-corrected chi connectivity index (χ2v) is 8.86. The van der Waals surface area contributed by atoms with Crippen molar-refractivity contribution in [3.05, 3.63) is 69.8 Å². The molecule has 0 saturated carbocycles. The first-order chi connectivity index (χ1) is 11.5. The highest BCUT2D eigenvalue weighted by atomic mass is 16.5. The molecule has 0 saturated heterocycles. The molecule has 0 aliphatic rings. The van der Waals surface area contributed by atoms with Crippen LogP contribution in [-0.2, 0) is 16.6 Å². The van der Waals surface area contributed by atoms with Gasteiger partial charge in [0, 0.05) is 11.8 Å². The highest BCUT2D eigenvalue weighted by Gasteiger charge is 2.28. The lowest BCUT2D eigenvalue weighted by Gasteiger charge is -2.33. The van der Waals surface area contributed by atoms with Gasteiger partial charge in [-0.05, 0) is 63.8 Å². The van der Waals surface area contributed by atoms with Gasteiger partial charge in [-0.1, -0.05) is 61.4 Å². The van der Waals surface area contributed by atoms with Gasteiger partial charge in [0.15, 0.2) is 0 Å². The molecule has 0 aromatic heterocycles. The Labute approximate surface area is 154 Å². The number of ether oxygens (including phenoxy) is 1. The molecule has 0 N–H and O–H groups in total. The van der Waals surface area contributed by atoms with Crippen LogP contribution in [0, 0.1) is 27.7 Å². The van der Waals surface area contributed by atoms with E-state index in [1.54, 1.807) is 0 Å². The van der Waals surface area contributed by atoms with E-state index in [1.165, 1.54) is 33.4 Å². The van der Waals surface area contributed by atoms with Crippen molar-refractivity contribution in [2.45, 2.75) is 72.8 Å². The minimum atomic E-state index is -0.185. The molecule has 0 spiro atoms. The molecule has 1 nitrogen and oxygen atoms in total. The lowest BCUT2D eigenvalue weighted by atomic mass is 9.82. The summed E-state index contributed by atoms with van der Waals surface area (Å²) in [5.41, 5.74) is 7.89. The minimum Gasteiger partial charge on any atom is -0.374 e. The number of hydrogen-bond acceptors (Lipinski definition) is 1. The van der Waals surface area contributed by atoms with Crippen LogP contribution >= 0.6 is 0 Å². The first-order valence-electron chi connectivity index (χ1n) is 9.28. The monoisotopic (exact) mass is 338 g/mol. The highest BCUT2D eigenvalue weighted by Crippen LogP contribution is 2.30. The van der Waals surface area contributed by atoms with Gasteiger partial charge >= 0.3 is 0 Å². The standard InChI is InChI=1S/C24H34O/c1-17-9-11-21(19(3)13-17)15-24(7,8)25-16-23(5,6)22-12-10-18(2)14-20(22)4/h9-14H,15-16H2,1-8H3. The van der Waals surface area contributed by atoms with Crippen molar-refractivity contribution >= 4 is 0 Å². The molecule has 2 rings (SSSR count). The van der Waals surface area contributed by atoms with E-state index in [0.717, 1.165) is 13.0 Å². The third-order valence-electron chi connectivity index (χ3n) is 5.05. The molecule has 0 fully saturated rings. The Kier molecular flexibility index (Phi) is 5.79. The zero-order valence-corrected chi connectivity index (χ0v) is 17.3. The Morgan fingerprint density at radius 3 is 1.88 bits per heavy atom. The maximum absolute atomic E-state index is 6.42. The first-order valence-corrected chi connectivity index (χ1v) is 9.28. The summed E-state index contributed by atoms with van der Waals surface area (Å²) in [7, 11) is 0. The van der Waals surface area contributed by atoms with Gasteiger partial charge in [-0.3, -0.25) is 0 Å². The number of benzene rings is 2. The van der Waals surface area contributed by atoms with E-state index in [0.29, 0.717) is 0 Å². The van der Waals surface area contributed by atoms with E-state index in [9.17, 15) is 0 Å². The van der Waals surface area contributed by atoms with E-state index in [4.69, 9.17) is 4.74 Å². The molecule has 0 bridgehead atoms. The van der Waals surface area contributed by atoms with Crippen molar-refractivity contribution < 1.29 is 4.74 Å². The normalized spacial score (nSPS) is 12.5. The molecule has 0 unspecified atom stereocenters. The summed E-state index contributed by atoms with van der Waals surface area (Å²) in [4.78, 5) is 0. The fourth-order valence-electron chi connectivity index (χ4n) is 3.58. The third-order valence-corrected chi connectivity index (χ3v) is 5.05. The van der Waals surface area contributed by atoms with E-state index < -0.39 is 0 Å². The van der Waals surface area contributed by atoms with Crippen LogP contribution in [0.4, 0.5) is 0 Å². The van der Waals surface area contributed by atoms with E-state index in [1.807, 2.05) is 0 Å². The summed E-state index contributed by atoms with van der Waals surface area (Å²) in [6.07, 6.45) is 0.933. The topological polar surface area (TPSA) is 9.23 Å². The molecule has 0 amide bonds. The predicted octanol–water partition coefficient (Wildman–Crippen LogP) is 6.24. The number of rotatable bonds is 6. The van der Waals surface area contributed by atoms with Gasteiger partial charge in [-0.2, -0.15) is 0 Å². The molecule has 0 atom stereocenters. The van der Waals surface area contributed by atoms with Crippen LogP contribution in [0.2, 0.25) is 0 Å². The average Bonchev–Trinajstić information content (AvgIpc) is 2.48. The lowest BCUT2D eigenvalue weighted by Crippen LogP contribution is -2.35. The quantitative estimate of drug-likeness (QED) is 0.606. The molecule has 136 valence electrons. The summed E-state index contributed by atoms with van der Waals surface area (Å²) in [6, 6.07) is 13.4. The van der Waals surface area contributed by atoms with Crippen LogP contribution in [0.15, 0.2) is 36.4 Å². The van der Waals surface area contributed by atoms with Crippen LogP contribution in [0.5, 0.6) is 0 Å². The maximum atomic E-state index is 6.42. The van der Waals surface area contributed by atoms with Gasteiger partial charge in [0.1, 0.15) is 0 Å². The Hall–Kier alpha value is -1.60. The second kappa shape index (κ2) is 7.33. The average molecular weight is 339 g/mol. The van der Waals surface area contributed by atoms with Crippen LogP contribution in [0.1, 0.15) is 61.1 Å². The highest BCUT2D eigenvalue weighted by molar-refractivity contribution is 5.36. The van der Waals surface area contributed by atoms with Gasteiger partial charge in [0.2, 0.25) is 0 Å². The van der Waals surface area contributed by atoms with Crippen molar-refractivity contribution in [2.75, 3.05) is 6.61 Å². The van der Waals surface area contributed by atoms with Crippen molar-refractivity contribution in [1.82, 2.24) is 0 Å². The maximum Gasteiger partial charge on any atom is 0.0667 e. The molecule has 0 radical (unpaired) electrons. The van der Waals surface area contributed by atoms with Gasteiger partial charge in [-0.25, -0.2) is 0 Å². The smallest absolute Gasteiger partial charge is 0.0667 e. The summed E-state index contributed by atoms with van der Waals surface area (Å²) in [5.74, 6) is 0. The Morgan fingerprint density at radius 1 is 0.760 bits per heavy atom. The van der Waals surface area contributed by atoms with E-state index in [2.05, 4.69) is 91.8 Å². The van der Waals surface area contributed by atoms with Gasteiger partial charge in [0.05, 0.1) is 12.2 Å². The molecule has 1 heteroatoms. The van der Waals surface area contributed by atoms with Crippen LogP contribution < -0.4 is 0 Å². The zero-order valence-electron chi connectivity index (χ0n) is 17.3. The molecule has 2 aromatic rings. The van der Waals surface area contributed by atoms with Gasteiger partial charge in [0.25, 0.3) is 0 Å². The number of aryl methyl sites for hydroxylation is 4. The van der Waals surface area contributed by atoms with Gasteiger partial charge < -0.3 is 4.74 Å². The van der Waals surface area contributed by atoms with Crippen LogP contribution in [-0.4, -0.2) is 12.2 Å². The molecular weight excluding hydrogens is 304 g/mol. The fraction of sp³-hybridized carbons (Fsp3) is 0.500. The van der Waals surface area contributed by atoms with E-state index in [-0.39, 0.29) is 11.0 Å². The molecule has 0 aliphatic heterocycles. The Morgan fingerprint density at radius 2 is 1.32 bits per heavy atom. The first kappa shape index (κ1) is 19.7. The lowest BCUT2D eigenvalue weighted by molar-refractivity contribution is -0.0377. The second-order valence-electron chi connectivity index (χ2n) is 8.86. The van der Waals surface area contributed by atoms with Gasteiger partial charge in [-0.15, -0.1) is 0 Å². The largest absolute Gasteiger partial charge is 0.374 e. The molecule has 2 aromatic carbocycles. The SMILES string of the molecule is Cc1ccc(CC(C)(C)OCC(C)(C)c2ccc(C)cc2C)c(C)c1. The van der Waals surface area contributed by atoms with Crippen molar-refractivity contribution in [3.8, 4) is 0 Å². The Balaban J connectivity index is 2.09. The molecule has 0 aliphatic carbocycles. The summed E-state index contributed by atoms with van der Waals surface area (Å²) >= 11 is 0. The molecule has 25 heavy (non-hydrogen) atoms. The predicted molar refractivity (Wildman–Crippen MR) is 109 cm³/mol. The van der Waals surface area contributed by atoms with Crippen LogP contribution in [0.25, 0.3) is 0 Å². The van der Waals surface area contributed by atoms with Crippen LogP contribution in [0.3, 0.4) is 0 Å². The molecule has 0 heterocycles. The number of hydrogen-bond donors (Lipinski definition) is 0. The molecular formula is C24H34O. The minimum absolute atomic E-state index is 0.00261. The van der Waals surface area contributed by atoms with Crippen molar-refractivity contribution in [2.24, 2.45) is 0 Å². The van der Waals surface area contributed by atoms with Crippen molar-refractivity contribution in [3.63, 3.8) is 0 Å². The third kappa shape index (κ3) is 5.19. The summed E-state index contributed by atoms with van der Waals surface area (Å²) < 4.78 is 6.42. The summed E-state index contributed by atoms with van der Waals surface area (Å²) in [5, 5.41) is 0. The Bertz CT molecular complexity index is 738. The zero-order chi connectivity index (χ0) is 18.8. The fourth-order valence-corrected chi connectivity index (χ4v) is 3.58. The van der Waals surface area contributed by atoms with Crippen molar-refractivity contribution in [1.29, 1.82) is 0 Å². The van der Waals surface area contributed by atoms with E-state index >= 15 is 0 Å².